The highest BCUT2D eigenvalue weighted by Gasteiger charge is 2.22. The van der Waals surface area contributed by atoms with Crippen molar-refractivity contribution in [3.8, 4) is 0 Å². The van der Waals surface area contributed by atoms with E-state index >= 15 is 0 Å². The minimum Gasteiger partial charge on any atom is -0.340 e. The number of fused-ring (bicyclic) bond motifs is 1. The number of amides is 2. The molecular weight excluding hydrogens is 344 g/mol. The lowest BCUT2D eigenvalue weighted by Gasteiger charge is -2.23. The Morgan fingerprint density at radius 3 is 2.60 bits per heavy atom. The zero-order valence-corrected chi connectivity index (χ0v) is 15.5. The van der Waals surface area contributed by atoms with Crippen LogP contribution in [0.2, 0.25) is 0 Å². The average molecular weight is 368 g/mol. The fourth-order valence-electron chi connectivity index (χ4n) is 2.52. The van der Waals surface area contributed by atoms with Crippen molar-refractivity contribution in [2.45, 2.75) is 18.2 Å². The molecule has 0 saturated heterocycles. The molecule has 0 spiro atoms. The average Bonchev–Trinajstić information content (AvgIpc) is 2.89. The van der Waals surface area contributed by atoms with Gasteiger partial charge in [0.15, 0.2) is 0 Å². The first kappa shape index (κ1) is 19.4. The first-order chi connectivity index (χ1) is 11.7. The van der Waals surface area contributed by atoms with Crippen molar-refractivity contribution in [3.05, 3.63) is 23.8 Å². The van der Waals surface area contributed by atoms with Crippen LogP contribution in [0.1, 0.15) is 12.5 Å². The maximum Gasteiger partial charge on any atom is 0.240 e. The molecule has 0 bridgehead atoms. The number of hydrogen-bond acceptors (Lipinski definition) is 5. The topological polar surface area (TPSA) is 98.8 Å². The summed E-state index contributed by atoms with van der Waals surface area (Å²) in [5.41, 5.74) is 1.32. The summed E-state index contributed by atoms with van der Waals surface area (Å²) < 4.78 is 27.3. The van der Waals surface area contributed by atoms with E-state index in [2.05, 4.69) is 10.0 Å². The summed E-state index contributed by atoms with van der Waals surface area (Å²) in [6.07, 6.45) is 0.182. The predicted molar refractivity (Wildman–Crippen MR) is 94.8 cm³/mol. The minimum atomic E-state index is -3.69. The van der Waals surface area contributed by atoms with Gasteiger partial charge < -0.3 is 15.1 Å². The lowest BCUT2D eigenvalue weighted by Crippen LogP contribution is -2.40. The zero-order valence-electron chi connectivity index (χ0n) is 14.7. The Bertz CT molecular complexity index is 761. The largest absolute Gasteiger partial charge is 0.340 e. The van der Waals surface area contributed by atoms with E-state index in [0.29, 0.717) is 30.9 Å². The van der Waals surface area contributed by atoms with Crippen molar-refractivity contribution in [3.63, 3.8) is 0 Å². The molecule has 0 aliphatic carbocycles. The zero-order chi connectivity index (χ0) is 18.6. The number of nitrogens with one attached hydrogen (secondary N) is 2. The molecule has 2 amide bonds. The van der Waals surface area contributed by atoms with Gasteiger partial charge in [0.2, 0.25) is 21.8 Å². The third-order valence-electron chi connectivity index (χ3n) is 3.95. The van der Waals surface area contributed by atoms with Crippen LogP contribution in [0.3, 0.4) is 0 Å². The van der Waals surface area contributed by atoms with Crippen molar-refractivity contribution in [2.75, 3.05) is 45.6 Å². The second kappa shape index (κ2) is 7.94. The molecule has 2 N–H and O–H groups in total. The SMILES string of the molecule is CC(=O)N(CCNS(=O)(=O)c1ccc2c(c1)CC(=O)N2)CCN(C)C. The first-order valence-electron chi connectivity index (χ1n) is 8.02. The standard InChI is InChI=1S/C16H24N4O4S/c1-12(21)20(9-8-19(2)3)7-6-17-25(23,24)14-4-5-15-13(10-14)11-16(22)18-15/h4-5,10,17H,6-9,11H2,1-3H3,(H,18,22). The van der Waals surface area contributed by atoms with Gasteiger partial charge in [-0.15, -0.1) is 0 Å². The highest BCUT2D eigenvalue weighted by molar-refractivity contribution is 7.89. The van der Waals surface area contributed by atoms with Crippen LogP contribution < -0.4 is 10.0 Å². The van der Waals surface area contributed by atoms with E-state index in [0.717, 1.165) is 0 Å². The van der Waals surface area contributed by atoms with Crippen molar-refractivity contribution in [2.24, 2.45) is 0 Å². The molecule has 1 aliphatic rings. The fourth-order valence-corrected chi connectivity index (χ4v) is 3.59. The minimum absolute atomic E-state index is 0.0943. The summed E-state index contributed by atoms with van der Waals surface area (Å²) in [4.78, 5) is 26.7. The second-order valence-electron chi connectivity index (χ2n) is 6.25. The van der Waals surface area contributed by atoms with Gasteiger partial charge in [0.25, 0.3) is 0 Å². The molecule has 1 heterocycles. The van der Waals surface area contributed by atoms with Crippen LogP contribution in [0.5, 0.6) is 0 Å². The molecule has 0 unspecified atom stereocenters. The Morgan fingerprint density at radius 1 is 1.24 bits per heavy atom. The Labute approximate surface area is 148 Å². The number of carbonyl (C=O) groups is 2. The number of hydrogen-bond donors (Lipinski definition) is 2. The van der Waals surface area contributed by atoms with Crippen LogP contribution in [0.15, 0.2) is 23.1 Å². The molecule has 0 radical (unpaired) electrons. The molecule has 138 valence electrons. The first-order valence-corrected chi connectivity index (χ1v) is 9.50. The number of rotatable bonds is 8. The van der Waals surface area contributed by atoms with Gasteiger partial charge in [-0.1, -0.05) is 0 Å². The number of likely N-dealkylation sites (N-methyl/N-ethyl adjacent to an activating group) is 1. The van der Waals surface area contributed by atoms with Crippen LogP contribution in [0.4, 0.5) is 5.69 Å². The molecule has 0 saturated carbocycles. The molecule has 0 aromatic heterocycles. The number of benzene rings is 1. The van der Waals surface area contributed by atoms with Crippen molar-refractivity contribution >= 4 is 27.5 Å². The van der Waals surface area contributed by atoms with Crippen molar-refractivity contribution < 1.29 is 18.0 Å². The molecule has 9 heteroatoms. The smallest absolute Gasteiger partial charge is 0.240 e. The summed E-state index contributed by atoms with van der Waals surface area (Å²) in [6, 6.07) is 4.56. The summed E-state index contributed by atoms with van der Waals surface area (Å²) in [5, 5.41) is 2.67. The lowest BCUT2D eigenvalue weighted by atomic mass is 10.2. The summed E-state index contributed by atoms with van der Waals surface area (Å²) in [7, 11) is 0.133. The molecule has 2 rings (SSSR count). The molecule has 0 fully saturated rings. The molecule has 1 aromatic rings. The van der Waals surface area contributed by atoms with Crippen LogP contribution in [0.25, 0.3) is 0 Å². The number of sulfonamides is 1. The predicted octanol–water partition coefficient (Wildman–Crippen LogP) is -0.130. The highest BCUT2D eigenvalue weighted by atomic mass is 32.2. The third-order valence-corrected chi connectivity index (χ3v) is 5.41. The van der Waals surface area contributed by atoms with Crippen LogP contribution >= 0.6 is 0 Å². The summed E-state index contributed by atoms with van der Waals surface area (Å²) in [5.74, 6) is -0.237. The maximum atomic E-state index is 12.4. The number of carbonyl (C=O) groups excluding carboxylic acids is 2. The number of anilines is 1. The van der Waals surface area contributed by atoms with E-state index in [4.69, 9.17) is 0 Å². The molecule has 0 atom stereocenters. The van der Waals surface area contributed by atoms with Gasteiger partial charge in [-0.25, -0.2) is 13.1 Å². The highest BCUT2D eigenvalue weighted by Crippen LogP contribution is 2.25. The van der Waals surface area contributed by atoms with E-state index < -0.39 is 10.0 Å². The van der Waals surface area contributed by atoms with Gasteiger partial charge in [-0.05, 0) is 37.9 Å². The monoisotopic (exact) mass is 368 g/mol. The van der Waals surface area contributed by atoms with Gasteiger partial charge in [0.1, 0.15) is 0 Å². The van der Waals surface area contributed by atoms with E-state index in [1.165, 1.54) is 19.1 Å². The van der Waals surface area contributed by atoms with Gasteiger partial charge in [0, 0.05) is 38.8 Å². The lowest BCUT2D eigenvalue weighted by molar-refractivity contribution is -0.128. The van der Waals surface area contributed by atoms with Gasteiger partial charge in [-0.2, -0.15) is 0 Å². The normalized spacial score (nSPS) is 13.7. The van der Waals surface area contributed by atoms with E-state index in [-0.39, 0.29) is 29.7 Å². The van der Waals surface area contributed by atoms with Crippen molar-refractivity contribution in [1.82, 2.24) is 14.5 Å². The van der Waals surface area contributed by atoms with Gasteiger partial charge in [-0.3, -0.25) is 9.59 Å². The third kappa shape index (κ3) is 5.25. The summed E-state index contributed by atoms with van der Waals surface area (Å²) in [6.45, 7) is 3.14. The molecule has 25 heavy (non-hydrogen) atoms. The Hall–Kier alpha value is -1.97. The molecule has 1 aromatic carbocycles. The Balaban J connectivity index is 1.96. The van der Waals surface area contributed by atoms with Gasteiger partial charge in [0.05, 0.1) is 11.3 Å². The number of nitrogens with zero attached hydrogens (tertiary/aromatic N) is 2. The van der Waals surface area contributed by atoms with Crippen LogP contribution in [-0.2, 0) is 26.0 Å². The van der Waals surface area contributed by atoms with Gasteiger partial charge >= 0.3 is 0 Å². The second-order valence-corrected chi connectivity index (χ2v) is 8.02. The van der Waals surface area contributed by atoms with Crippen LogP contribution in [-0.4, -0.2) is 70.3 Å². The van der Waals surface area contributed by atoms with E-state index in [1.807, 2.05) is 19.0 Å². The Kier molecular flexibility index (Phi) is 6.15. The Morgan fingerprint density at radius 2 is 1.96 bits per heavy atom. The van der Waals surface area contributed by atoms with E-state index in [1.54, 1.807) is 11.0 Å². The molecular formula is C16H24N4O4S. The van der Waals surface area contributed by atoms with Crippen LogP contribution in [0, 0.1) is 0 Å². The fraction of sp³-hybridized carbons (Fsp3) is 0.500. The molecule has 1 aliphatic heterocycles. The van der Waals surface area contributed by atoms with E-state index in [9.17, 15) is 18.0 Å². The molecule has 8 nitrogen and oxygen atoms in total. The summed E-state index contributed by atoms with van der Waals surface area (Å²) >= 11 is 0. The quantitative estimate of drug-likeness (QED) is 0.666. The maximum absolute atomic E-state index is 12.4. The van der Waals surface area contributed by atoms with Crippen molar-refractivity contribution in [1.29, 1.82) is 0 Å².